The van der Waals surface area contributed by atoms with Crippen LogP contribution in [0.1, 0.15) is 85.5 Å². The van der Waals surface area contributed by atoms with E-state index in [9.17, 15) is 22.8 Å². The maximum Gasteiger partial charge on any atom is 0.259 e. The van der Waals surface area contributed by atoms with Crippen LogP contribution < -0.4 is 19.5 Å². The summed E-state index contributed by atoms with van der Waals surface area (Å²) in [6, 6.07) is 6.74. The lowest BCUT2D eigenvalue weighted by molar-refractivity contribution is -0.140. The standard InChI is InChI=1S/C35H48N4O7S/c1-5-7-8-9-12-24-20-35(24,34(42)38-47(43,44)26-15-16-26)37-32(41)29-19-25(22-39(29)31(40)18-23(3)4)46-33-28-14-11-10-13-27(28)30(21-36-33)45-17-6-2/h9-14,21,23-26,29H,5-8,15-20,22H2,1-4H3,(H,37,41)(H,38,42)/b12-9-. The number of ether oxygens (including phenoxy) is 2. The molecule has 2 N–H and O–H groups in total. The van der Waals surface area contributed by atoms with Gasteiger partial charge < -0.3 is 19.7 Å². The lowest BCUT2D eigenvalue weighted by Gasteiger charge is -2.27. The van der Waals surface area contributed by atoms with Crippen molar-refractivity contribution in [2.45, 2.75) is 108 Å². The fraction of sp³-hybridized carbons (Fsp3) is 0.600. The molecule has 256 valence electrons. The van der Waals surface area contributed by atoms with E-state index in [1.54, 1.807) is 6.20 Å². The third-order valence-corrected chi connectivity index (χ3v) is 10.8. The average molecular weight is 669 g/mol. The number of amides is 3. The molecule has 3 amide bonds. The van der Waals surface area contributed by atoms with Crippen LogP contribution in [-0.2, 0) is 24.4 Å². The molecule has 1 aromatic carbocycles. The van der Waals surface area contributed by atoms with Crippen LogP contribution in [0.15, 0.2) is 42.6 Å². The van der Waals surface area contributed by atoms with Crippen molar-refractivity contribution in [3.63, 3.8) is 0 Å². The zero-order chi connectivity index (χ0) is 33.8. The van der Waals surface area contributed by atoms with Crippen molar-refractivity contribution >= 4 is 38.5 Å². The average Bonchev–Trinajstić information content (AvgIpc) is 3.96. The highest BCUT2D eigenvalue weighted by Gasteiger charge is 2.62. The van der Waals surface area contributed by atoms with Gasteiger partial charge in [-0.3, -0.25) is 19.1 Å². The fourth-order valence-corrected chi connectivity index (χ4v) is 7.51. The van der Waals surface area contributed by atoms with Gasteiger partial charge in [0, 0.05) is 29.5 Å². The number of benzene rings is 1. The van der Waals surface area contributed by atoms with Crippen LogP contribution in [0, 0.1) is 11.8 Å². The van der Waals surface area contributed by atoms with E-state index in [-0.39, 0.29) is 43.6 Å². The number of likely N-dealkylation sites (tertiary alicyclic amines) is 1. The lowest BCUT2D eigenvalue weighted by Crippen LogP contribution is -2.56. The quantitative estimate of drug-likeness (QED) is 0.194. The van der Waals surface area contributed by atoms with Crippen molar-refractivity contribution in [3.8, 4) is 11.6 Å². The molecule has 2 heterocycles. The molecule has 47 heavy (non-hydrogen) atoms. The van der Waals surface area contributed by atoms with Gasteiger partial charge in [-0.1, -0.05) is 70.9 Å². The molecule has 4 atom stereocenters. The third-order valence-electron chi connectivity index (χ3n) is 8.99. The topological polar surface area (TPSA) is 144 Å². The van der Waals surface area contributed by atoms with Crippen LogP contribution in [0.4, 0.5) is 0 Å². The van der Waals surface area contributed by atoms with Crippen LogP contribution in [0.3, 0.4) is 0 Å². The summed E-state index contributed by atoms with van der Waals surface area (Å²) in [5.41, 5.74) is -1.40. The van der Waals surface area contributed by atoms with Gasteiger partial charge in [0.2, 0.25) is 27.7 Å². The first-order chi connectivity index (χ1) is 22.5. The predicted molar refractivity (Wildman–Crippen MR) is 179 cm³/mol. The number of unbranched alkanes of at least 4 members (excludes halogenated alkanes) is 2. The van der Waals surface area contributed by atoms with E-state index in [0.29, 0.717) is 31.1 Å². The summed E-state index contributed by atoms with van der Waals surface area (Å²) in [6.07, 6.45) is 10.4. The zero-order valence-corrected chi connectivity index (χ0v) is 28.7. The maximum atomic E-state index is 14.0. The Morgan fingerprint density at radius 3 is 2.55 bits per heavy atom. The highest BCUT2D eigenvalue weighted by Crippen LogP contribution is 2.46. The summed E-state index contributed by atoms with van der Waals surface area (Å²) < 4.78 is 39.9. The summed E-state index contributed by atoms with van der Waals surface area (Å²) in [5.74, 6) is -0.663. The first-order valence-electron chi connectivity index (χ1n) is 17.0. The van der Waals surface area contributed by atoms with E-state index < -0.39 is 44.8 Å². The van der Waals surface area contributed by atoms with Gasteiger partial charge >= 0.3 is 0 Å². The van der Waals surface area contributed by atoms with E-state index in [4.69, 9.17) is 9.47 Å². The van der Waals surface area contributed by atoms with Crippen molar-refractivity contribution in [1.29, 1.82) is 0 Å². The fourth-order valence-electron chi connectivity index (χ4n) is 6.14. The number of rotatable bonds is 16. The summed E-state index contributed by atoms with van der Waals surface area (Å²) >= 11 is 0. The number of hydrogen-bond acceptors (Lipinski definition) is 8. The summed E-state index contributed by atoms with van der Waals surface area (Å²) in [4.78, 5) is 47.1. The Kier molecular flexibility index (Phi) is 10.8. The Balaban J connectivity index is 1.37. The minimum atomic E-state index is -3.82. The minimum absolute atomic E-state index is 0.0678. The normalized spacial score (nSPS) is 24.1. The Morgan fingerprint density at radius 2 is 1.87 bits per heavy atom. The Labute approximate surface area is 277 Å². The minimum Gasteiger partial charge on any atom is -0.491 e. The number of fused-ring (bicyclic) bond motifs is 1. The number of nitrogens with one attached hydrogen (secondary N) is 2. The first-order valence-corrected chi connectivity index (χ1v) is 18.5. The SMILES string of the molecule is CCCC/C=C\C1CC1(NC(=O)C1CC(Oc2ncc(OCCC)c3ccccc23)CN1C(=O)CC(C)C)C(=O)NS(=O)(=O)C1CC1. The Morgan fingerprint density at radius 1 is 1.13 bits per heavy atom. The van der Waals surface area contributed by atoms with Crippen molar-refractivity contribution in [1.82, 2.24) is 19.9 Å². The molecule has 11 nitrogen and oxygen atoms in total. The van der Waals surface area contributed by atoms with Gasteiger partial charge in [-0.15, -0.1) is 0 Å². The highest BCUT2D eigenvalue weighted by molar-refractivity contribution is 7.91. The number of allylic oxidation sites excluding steroid dienone is 1. The van der Waals surface area contributed by atoms with Crippen LogP contribution in [-0.4, -0.2) is 72.1 Å². The third kappa shape index (κ3) is 8.08. The van der Waals surface area contributed by atoms with Gasteiger partial charge in [-0.25, -0.2) is 13.4 Å². The van der Waals surface area contributed by atoms with Crippen LogP contribution in [0.2, 0.25) is 0 Å². The predicted octanol–water partition coefficient (Wildman–Crippen LogP) is 4.65. The lowest BCUT2D eigenvalue weighted by atomic mass is 10.1. The smallest absolute Gasteiger partial charge is 0.259 e. The molecular formula is C35H48N4O7S. The molecule has 12 heteroatoms. The van der Waals surface area contributed by atoms with Crippen LogP contribution >= 0.6 is 0 Å². The summed E-state index contributed by atoms with van der Waals surface area (Å²) in [5, 5.41) is 3.95. The van der Waals surface area contributed by atoms with Gasteiger partial charge in [-0.05, 0) is 44.1 Å². The largest absolute Gasteiger partial charge is 0.491 e. The van der Waals surface area contributed by atoms with Crippen molar-refractivity contribution in [3.05, 3.63) is 42.6 Å². The molecule has 2 saturated carbocycles. The molecule has 1 aliphatic heterocycles. The van der Waals surface area contributed by atoms with Gasteiger partial charge in [0.25, 0.3) is 5.91 Å². The second-order valence-electron chi connectivity index (χ2n) is 13.5. The molecule has 1 saturated heterocycles. The van der Waals surface area contributed by atoms with Crippen molar-refractivity contribution < 1.29 is 32.3 Å². The van der Waals surface area contributed by atoms with Crippen molar-refractivity contribution in [2.24, 2.45) is 11.8 Å². The monoisotopic (exact) mass is 668 g/mol. The molecule has 0 radical (unpaired) electrons. The second kappa shape index (κ2) is 14.6. The second-order valence-corrected chi connectivity index (χ2v) is 15.4. The van der Waals surface area contributed by atoms with Gasteiger partial charge in [-0.2, -0.15) is 0 Å². The molecule has 4 unspecified atom stereocenters. The van der Waals surface area contributed by atoms with Gasteiger partial charge in [0.1, 0.15) is 23.4 Å². The number of nitrogens with zero attached hydrogens (tertiary/aromatic N) is 2. The van der Waals surface area contributed by atoms with Crippen molar-refractivity contribution in [2.75, 3.05) is 13.2 Å². The highest BCUT2D eigenvalue weighted by atomic mass is 32.2. The first kappa shape index (κ1) is 34.7. The number of sulfonamides is 1. The van der Waals surface area contributed by atoms with E-state index in [1.165, 1.54) is 4.90 Å². The van der Waals surface area contributed by atoms with E-state index in [1.807, 2.05) is 57.2 Å². The number of carbonyl (C=O) groups excluding carboxylic acids is 3. The molecule has 2 aromatic rings. The number of carbonyl (C=O) groups is 3. The number of pyridine rings is 1. The van der Waals surface area contributed by atoms with Gasteiger partial charge in [0.15, 0.2) is 0 Å². The number of hydrogen-bond donors (Lipinski definition) is 2. The van der Waals surface area contributed by atoms with Crippen LogP contribution in [0.25, 0.3) is 10.8 Å². The molecule has 3 aliphatic rings. The van der Waals surface area contributed by atoms with E-state index in [0.717, 1.165) is 36.5 Å². The molecule has 3 fully saturated rings. The van der Waals surface area contributed by atoms with Gasteiger partial charge in [0.05, 0.1) is 24.6 Å². The van der Waals surface area contributed by atoms with Crippen LogP contribution in [0.5, 0.6) is 11.6 Å². The number of aromatic nitrogens is 1. The zero-order valence-electron chi connectivity index (χ0n) is 27.9. The molecule has 2 aliphatic carbocycles. The Hall–Kier alpha value is -3.67. The van der Waals surface area contributed by atoms with E-state index in [2.05, 4.69) is 21.9 Å². The molecule has 0 spiro atoms. The molecular weight excluding hydrogens is 620 g/mol. The Bertz CT molecular complexity index is 1610. The summed E-state index contributed by atoms with van der Waals surface area (Å²) in [6.45, 7) is 8.72. The molecule has 5 rings (SSSR count). The van der Waals surface area contributed by atoms with E-state index >= 15 is 0 Å². The molecule has 0 bridgehead atoms. The maximum absolute atomic E-state index is 14.0. The summed E-state index contributed by atoms with van der Waals surface area (Å²) in [7, 11) is -3.82. The molecule has 1 aromatic heterocycles.